The van der Waals surface area contributed by atoms with Crippen molar-refractivity contribution in [2.24, 2.45) is 0 Å². The third-order valence-electron chi connectivity index (χ3n) is 5.31. The Morgan fingerprint density at radius 2 is 1.62 bits per heavy atom. The van der Waals surface area contributed by atoms with Crippen LogP contribution < -0.4 is 14.8 Å². The molecular formula is C22H25N3O4. The van der Waals surface area contributed by atoms with E-state index in [1.165, 1.54) is 0 Å². The normalized spacial score (nSPS) is 16.0. The molecule has 7 heteroatoms. The molecule has 29 heavy (non-hydrogen) atoms. The van der Waals surface area contributed by atoms with E-state index in [1.54, 1.807) is 18.2 Å². The topological polar surface area (TPSA) is 71.1 Å². The van der Waals surface area contributed by atoms with Gasteiger partial charge in [-0.15, -0.1) is 0 Å². The summed E-state index contributed by atoms with van der Waals surface area (Å²) in [6, 6.07) is 12.9. The molecule has 2 aromatic rings. The average molecular weight is 395 g/mol. The highest BCUT2D eigenvalue weighted by molar-refractivity contribution is 5.95. The van der Waals surface area contributed by atoms with Crippen LogP contribution in [-0.2, 0) is 0 Å². The van der Waals surface area contributed by atoms with Gasteiger partial charge in [-0.05, 0) is 37.3 Å². The van der Waals surface area contributed by atoms with E-state index in [0.717, 1.165) is 30.8 Å². The number of amides is 2. The summed E-state index contributed by atoms with van der Waals surface area (Å²) in [6.07, 6.45) is 0. The summed E-state index contributed by atoms with van der Waals surface area (Å²) in [5.41, 5.74) is 2.44. The van der Waals surface area contributed by atoms with Gasteiger partial charge in [0.2, 0.25) is 6.79 Å². The van der Waals surface area contributed by atoms with Crippen molar-refractivity contribution in [2.75, 3.05) is 46.1 Å². The van der Waals surface area contributed by atoms with Gasteiger partial charge in [0.15, 0.2) is 11.5 Å². The van der Waals surface area contributed by atoms with Gasteiger partial charge in [-0.1, -0.05) is 17.7 Å². The summed E-state index contributed by atoms with van der Waals surface area (Å²) in [5, 5.41) is 2.95. The second kappa shape index (κ2) is 8.53. The van der Waals surface area contributed by atoms with Crippen LogP contribution in [0.2, 0.25) is 0 Å². The molecule has 2 aliphatic rings. The average Bonchev–Trinajstić information content (AvgIpc) is 3.22. The van der Waals surface area contributed by atoms with Gasteiger partial charge in [0.05, 0.1) is 0 Å². The van der Waals surface area contributed by atoms with Crippen LogP contribution in [0.3, 0.4) is 0 Å². The number of fused-ring (bicyclic) bond motifs is 1. The van der Waals surface area contributed by atoms with Gasteiger partial charge in [-0.2, -0.15) is 0 Å². The lowest BCUT2D eigenvalue weighted by molar-refractivity contribution is 0.0638. The van der Waals surface area contributed by atoms with Crippen LogP contribution in [0, 0.1) is 6.92 Å². The van der Waals surface area contributed by atoms with Crippen LogP contribution in [0.15, 0.2) is 42.5 Å². The number of hydrogen-bond donors (Lipinski definition) is 1. The molecule has 0 unspecified atom stereocenters. The quantitative estimate of drug-likeness (QED) is 0.838. The molecule has 1 saturated heterocycles. The number of carbonyl (C=O) groups is 2. The highest BCUT2D eigenvalue weighted by atomic mass is 16.7. The number of carbonyl (C=O) groups excluding carboxylic acids is 2. The Morgan fingerprint density at radius 1 is 0.931 bits per heavy atom. The van der Waals surface area contributed by atoms with E-state index < -0.39 is 0 Å². The Morgan fingerprint density at radius 3 is 2.38 bits per heavy atom. The van der Waals surface area contributed by atoms with E-state index in [2.05, 4.69) is 10.2 Å². The molecule has 0 saturated carbocycles. The molecule has 7 nitrogen and oxygen atoms in total. The molecule has 0 atom stereocenters. The van der Waals surface area contributed by atoms with E-state index in [1.807, 2.05) is 36.1 Å². The molecule has 0 spiro atoms. The number of ether oxygens (including phenoxy) is 2. The van der Waals surface area contributed by atoms with E-state index in [-0.39, 0.29) is 18.6 Å². The summed E-state index contributed by atoms with van der Waals surface area (Å²) >= 11 is 0. The van der Waals surface area contributed by atoms with Crippen molar-refractivity contribution in [1.82, 2.24) is 15.1 Å². The molecule has 1 fully saturated rings. The first kappa shape index (κ1) is 19.3. The summed E-state index contributed by atoms with van der Waals surface area (Å²) in [4.78, 5) is 29.1. The Hall–Kier alpha value is -3.06. The molecule has 0 aromatic heterocycles. The molecule has 2 heterocycles. The summed E-state index contributed by atoms with van der Waals surface area (Å²) in [6.45, 7) is 6.51. The van der Waals surface area contributed by atoms with Crippen LogP contribution in [-0.4, -0.2) is 67.7 Å². The van der Waals surface area contributed by atoms with Crippen LogP contribution in [0.4, 0.5) is 0 Å². The zero-order valence-corrected chi connectivity index (χ0v) is 16.5. The van der Waals surface area contributed by atoms with Gasteiger partial charge in [0.25, 0.3) is 11.8 Å². The van der Waals surface area contributed by atoms with Crippen molar-refractivity contribution >= 4 is 11.8 Å². The Labute approximate surface area is 170 Å². The van der Waals surface area contributed by atoms with Crippen LogP contribution >= 0.6 is 0 Å². The summed E-state index contributed by atoms with van der Waals surface area (Å²) in [5.74, 6) is 1.23. The third-order valence-corrected chi connectivity index (χ3v) is 5.31. The van der Waals surface area contributed by atoms with Gasteiger partial charge in [0, 0.05) is 50.4 Å². The monoisotopic (exact) mass is 395 g/mol. The minimum atomic E-state index is -0.128. The van der Waals surface area contributed by atoms with Gasteiger partial charge < -0.3 is 19.7 Å². The fraction of sp³-hybridized carbons (Fsp3) is 0.364. The minimum Gasteiger partial charge on any atom is -0.454 e. The molecule has 0 bridgehead atoms. The molecular weight excluding hydrogens is 370 g/mol. The molecule has 152 valence electrons. The third kappa shape index (κ3) is 4.51. The standard InChI is InChI=1S/C22H25N3O4/c1-16-2-4-17(5-3-16)22(27)25-12-10-24(11-13-25)9-8-23-21(26)18-6-7-19-20(14-18)29-15-28-19/h2-7,14H,8-13,15H2,1H3,(H,23,26). The lowest BCUT2D eigenvalue weighted by Gasteiger charge is -2.34. The predicted molar refractivity (Wildman–Crippen MR) is 108 cm³/mol. The van der Waals surface area contributed by atoms with Crippen LogP contribution in [0.5, 0.6) is 11.5 Å². The number of aryl methyl sites for hydroxylation is 1. The van der Waals surface area contributed by atoms with E-state index >= 15 is 0 Å². The van der Waals surface area contributed by atoms with E-state index in [9.17, 15) is 9.59 Å². The Bertz CT molecular complexity index is 889. The van der Waals surface area contributed by atoms with Crippen molar-refractivity contribution in [3.05, 3.63) is 59.2 Å². The molecule has 2 aromatic carbocycles. The molecule has 2 amide bonds. The lowest BCUT2D eigenvalue weighted by Crippen LogP contribution is -2.50. The maximum Gasteiger partial charge on any atom is 0.253 e. The van der Waals surface area contributed by atoms with E-state index in [4.69, 9.17) is 9.47 Å². The first-order valence-electron chi connectivity index (χ1n) is 9.86. The van der Waals surface area contributed by atoms with Gasteiger partial charge >= 0.3 is 0 Å². The number of benzene rings is 2. The first-order chi connectivity index (χ1) is 14.1. The molecule has 0 radical (unpaired) electrons. The largest absolute Gasteiger partial charge is 0.454 e. The van der Waals surface area contributed by atoms with Crippen molar-refractivity contribution in [3.63, 3.8) is 0 Å². The number of rotatable bonds is 5. The number of hydrogen-bond acceptors (Lipinski definition) is 5. The fourth-order valence-electron chi connectivity index (χ4n) is 3.52. The highest BCUT2D eigenvalue weighted by Gasteiger charge is 2.22. The van der Waals surface area contributed by atoms with Crippen molar-refractivity contribution in [3.8, 4) is 11.5 Å². The van der Waals surface area contributed by atoms with Crippen molar-refractivity contribution < 1.29 is 19.1 Å². The Kier molecular flexibility index (Phi) is 5.67. The van der Waals surface area contributed by atoms with Crippen LogP contribution in [0.1, 0.15) is 26.3 Å². The van der Waals surface area contributed by atoms with Crippen molar-refractivity contribution in [1.29, 1.82) is 0 Å². The lowest BCUT2D eigenvalue weighted by atomic mass is 10.1. The van der Waals surface area contributed by atoms with Gasteiger partial charge in [-0.25, -0.2) is 0 Å². The molecule has 2 aliphatic heterocycles. The van der Waals surface area contributed by atoms with E-state index in [0.29, 0.717) is 36.7 Å². The maximum atomic E-state index is 12.6. The second-order valence-corrected chi connectivity index (χ2v) is 7.32. The Balaban J connectivity index is 1.20. The number of nitrogens with one attached hydrogen (secondary N) is 1. The molecule has 1 N–H and O–H groups in total. The number of nitrogens with zero attached hydrogens (tertiary/aromatic N) is 2. The zero-order valence-electron chi connectivity index (χ0n) is 16.5. The predicted octanol–water partition coefficient (Wildman–Crippen LogP) is 1.91. The molecule has 0 aliphatic carbocycles. The van der Waals surface area contributed by atoms with Gasteiger partial charge in [0.1, 0.15) is 0 Å². The maximum absolute atomic E-state index is 12.6. The summed E-state index contributed by atoms with van der Waals surface area (Å²) < 4.78 is 10.6. The minimum absolute atomic E-state index is 0.0840. The van der Waals surface area contributed by atoms with Crippen molar-refractivity contribution in [2.45, 2.75) is 6.92 Å². The zero-order chi connectivity index (χ0) is 20.2. The highest BCUT2D eigenvalue weighted by Crippen LogP contribution is 2.32. The smallest absolute Gasteiger partial charge is 0.253 e. The SMILES string of the molecule is Cc1ccc(C(=O)N2CCN(CCNC(=O)c3ccc4c(c3)OCO4)CC2)cc1. The van der Waals surface area contributed by atoms with Crippen LogP contribution in [0.25, 0.3) is 0 Å². The van der Waals surface area contributed by atoms with Gasteiger partial charge in [-0.3, -0.25) is 14.5 Å². The number of piperazine rings is 1. The first-order valence-corrected chi connectivity index (χ1v) is 9.86. The molecule has 4 rings (SSSR count). The second-order valence-electron chi connectivity index (χ2n) is 7.32. The summed E-state index contributed by atoms with van der Waals surface area (Å²) in [7, 11) is 0. The fourth-order valence-corrected chi connectivity index (χ4v) is 3.52.